The number of ketones is 1. The molecule has 2 aromatic carbocycles. The highest BCUT2D eigenvalue weighted by molar-refractivity contribution is 6.01. The number of fused-ring (bicyclic) bond motifs is 1. The number of nitrogens with one attached hydrogen (secondary N) is 3. The molecule has 0 unspecified atom stereocenters. The molecule has 0 saturated carbocycles. The van der Waals surface area contributed by atoms with Crippen LogP contribution >= 0.6 is 0 Å². The number of ether oxygens (including phenoxy) is 1. The van der Waals surface area contributed by atoms with Crippen LogP contribution in [0.2, 0.25) is 0 Å². The van der Waals surface area contributed by atoms with Crippen molar-refractivity contribution in [2.45, 2.75) is 32.6 Å². The molecular weight excluding hydrogens is 406 g/mol. The van der Waals surface area contributed by atoms with E-state index in [0.29, 0.717) is 41.3 Å². The largest absolute Gasteiger partial charge is 0.457 e. The standard InChI is InChI=1S/C25H23N3O4/c1-25(2)12-17-20(18(29)13-25)19(21-22(26-17)27-24(31)28-23(21)30)14-7-6-10-16(11-14)32-15-8-4-3-5-9-15/h3-11,19H,12-13H2,1-2H3,(H3,26,27,28,30,31)/t19-/m0/s1. The van der Waals surface area contributed by atoms with E-state index in [1.165, 1.54) is 0 Å². The normalized spacial score (nSPS) is 19.1. The van der Waals surface area contributed by atoms with Gasteiger partial charge in [0.15, 0.2) is 5.78 Å². The molecule has 1 aliphatic heterocycles. The lowest BCUT2D eigenvalue weighted by Crippen LogP contribution is -2.38. The predicted octanol–water partition coefficient (Wildman–Crippen LogP) is 4.06. The molecule has 7 heteroatoms. The number of carbonyl (C=O) groups excluding carboxylic acids is 1. The molecule has 5 rings (SSSR count). The van der Waals surface area contributed by atoms with Crippen molar-refractivity contribution in [2.24, 2.45) is 5.41 Å². The molecule has 0 saturated heterocycles. The first kappa shape index (κ1) is 20.1. The third-order valence-corrected chi connectivity index (χ3v) is 5.92. The molecule has 0 spiro atoms. The Balaban J connectivity index is 1.67. The van der Waals surface area contributed by atoms with Gasteiger partial charge in [-0.3, -0.25) is 19.6 Å². The molecule has 3 N–H and O–H groups in total. The number of hydrogen-bond acceptors (Lipinski definition) is 5. The average molecular weight is 429 g/mol. The molecule has 1 aromatic heterocycles. The van der Waals surface area contributed by atoms with Crippen molar-refractivity contribution in [1.82, 2.24) is 9.97 Å². The van der Waals surface area contributed by atoms with Gasteiger partial charge in [0, 0.05) is 23.6 Å². The molecule has 0 bridgehead atoms. The number of allylic oxidation sites excluding steroid dienone is 2. The van der Waals surface area contributed by atoms with Crippen LogP contribution in [0, 0.1) is 5.41 Å². The zero-order chi connectivity index (χ0) is 22.5. The van der Waals surface area contributed by atoms with Gasteiger partial charge in [0.1, 0.15) is 17.3 Å². The zero-order valence-corrected chi connectivity index (χ0v) is 17.8. The van der Waals surface area contributed by atoms with Gasteiger partial charge in [0.05, 0.1) is 5.56 Å². The SMILES string of the molecule is CC1(C)CC(=O)C2=C(C1)Nc1[nH]c(=O)[nH]c(=O)c1[C@H]2c1cccc(Oc2ccccc2)c1. The van der Waals surface area contributed by atoms with E-state index in [9.17, 15) is 14.4 Å². The average Bonchev–Trinajstić information content (AvgIpc) is 2.72. The Morgan fingerprint density at radius 1 is 0.906 bits per heavy atom. The maximum atomic E-state index is 13.3. The van der Waals surface area contributed by atoms with Crippen LogP contribution in [-0.4, -0.2) is 15.8 Å². The van der Waals surface area contributed by atoms with Gasteiger partial charge in [0.25, 0.3) is 5.56 Å². The summed E-state index contributed by atoms with van der Waals surface area (Å²) in [6.45, 7) is 4.07. The summed E-state index contributed by atoms with van der Waals surface area (Å²) in [5.74, 6) is 1.01. The summed E-state index contributed by atoms with van der Waals surface area (Å²) in [6.07, 6.45) is 1.03. The van der Waals surface area contributed by atoms with E-state index in [4.69, 9.17) is 4.74 Å². The van der Waals surface area contributed by atoms with Gasteiger partial charge >= 0.3 is 5.69 Å². The summed E-state index contributed by atoms with van der Waals surface area (Å²) in [7, 11) is 0. The highest BCUT2D eigenvalue weighted by Crippen LogP contribution is 2.47. The Labute approximate surface area is 184 Å². The summed E-state index contributed by atoms with van der Waals surface area (Å²) >= 11 is 0. The lowest BCUT2D eigenvalue weighted by molar-refractivity contribution is -0.118. The van der Waals surface area contributed by atoms with Gasteiger partial charge < -0.3 is 10.1 Å². The Hall–Kier alpha value is -3.87. The maximum Gasteiger partial charge on any atom is 0.327 e. The molecule has 0 radical (unpaired) electrons. The number of anilines is 1. The van der Waals surface area contributed by atoms with Crippen LogP contribution in [0.3, 0.4) is 0 Å². The second-order valence-corrected chi connectivity index (χ2v) is 9.08. The zero-order valence-electron chi connectivity index (χ0n) is 17.8. The molecule has 7 nitrogen and oxygen atoms in total. The second-order valence-electron chi connectivity index (χ2n) is 9.08. The van der Waals surface area contributed by atoms with E-state index < -0.39 is 17.2 Å². The number of aromatic nitrogens is 2. The fourth-order valence-electron chi connectivity index (χ4n) is 4.66. The number of hydrogen-bond donors (Lipinski definition) is 3. The smallest absolute Gasteiger partial charge is 0.327 e. The number of carbonyl (C=O) groups is 1. The van der Waals surface area contributed by atoms with Crippen LogP contribution in [0.4, 0.5) is 5.82 Å². The van der Waals surface area contributed by atoms with Crippen LogP contribution in [0.1, 0.15) is 43.7 Å². The molecule has 0 amide bonds. The van der Waals surface area contributed by atoms with E-state index >= 15 is 0 Å². The van der Waals surface area contributed by atoms with Crippen LogP contribution in [-0.2, 0) is 4.79 Å². The first-order valence-corrected chi connectivity index (χ1v) is 10.5. The second kappa shape index (κ2) is 7.37. The Kier molecular flexibility index (Phi) is 4.62. The molecule has 162 valence electrons. The van der Waals surface area contributed by atoms with Crippen molar-refractivity contribution in [3.05, 3.63) is 97.8 Å². The highest BCUT2D eigenvalue weighted by Gasteiger charge is 2.42. The van der Waals surface area contributed by atoms with Crippen LogP contribution < -0.4 is 21.3 Å². The lowest BCUT2D eigenvalue weighted by atomic mass is 9.69. The molecule has 1 atom stereocenters. The van der Waals surface area contributed by atoms with Gasteiger partial charge in [-0.15, -0.1) is 0 Å². The monoisotopic (exact) mass is 429 g/mol. The van der Waals surface area contributed by atoms with Crippen molar-refractivity contribution < 1.29 is 9.53 Å². The Morgan fingerprint density at radius 2 is 1.66 bits per heavy atom. The van der Waals surface area contributed by atoms with Crippen molar-refractivity contribution in [2.75, 3.05) is 5.32 Å². The van der Waals surface area contributed by atoms with E-state index in [2.05, 4.69) is 15.3 Å². The highest BCUT2D eigenvalue weighted by atomic mass is 16.5. The van der Waals surface area contributed by atoms with Gasteiger partial charge in [-0.1, -0.05) is 44.2 Å². The number of benzene rings is 2. The molecule has 1 aliphatic carbocycles. The summed E-state index contributed by atoms with van der Waals surface area (Å²) in [5.41, 5.74) is 1.08. The minimum atomic E-state index is -0.607. The molecule has 32 heavy (non-hydrogen) atoms. The fourth-order valence-corrected chi connectivity index (χ4v) is 4.66. The summed E-state index contributed by atoms with van der Waals surface area (Å²) in [4.78, 5) is 43.1. The Morgan fingerprint density at radius 3 is 2.44 bits per heavy atom. The number of Topliss-reactive ketones (excluding diaryl/α,β-unsaturated/α-hetero) is 1. The van der Waals surface area contributed by atoms with E-state index in [0.717, 1.165) is 11.3 Å². The number of rotatable bonds is 3. The van der Waals surface area contributed by atoms with Gasteiger partial charge in [-0.2, -0.15) is 0 Å². The van der Waals surface area contributed by atoms with Crippen molar-refractivity contribution in [1.29, 1.82) is 0 Å². The summed E-state index contributed by atoms with van der Waals surface area (Å²) in [5, 5.41) is 3.17. The minimum absolute atomic E-state index is 0.000573. The number of H-pyrrole nitrogens is 2. The first-order chi connectivity index (χ1) is 15.3. The van der Waals surface area contributed by atoms with Crippen LogP contribution in [0.15, 0.2) is 75.5 Å². The number of para-hydroxylation sites is 1. The third kappa shape index (κ3) is 3.56. The van der Waals surface area contributed by atoms with Gasteiger partial charge in [-0.05, 0) is 41.7 Å². The van der Waals surface area contributed by atoms with Gasteiger partial charge in [-0.25, -0.2) is 4.79 Å². The van der Waals surface area contributed by atoms with Crippen LogP contribution in [0.25, 0.3) is 0 Å². The molecule has 2 aliphatic rings. The lowest BCUT2D eigenvalue weighted by Gasteiger charge is -2.38. The predicted molar refractivity (Wildman–Crippen MR) is 121 cm³/mol. The maximum absolute atomic E-state index is 13.3. The van der Waals surface area contributed by atoms with Crippen molar-refractivity contribution in [3.63, 3.8) is 0 Å². The molecule has 3 aromatic rings. The molecule has 0 fully saturated rings. The fraction of sp³-hybridized carbons (Fsp3) is 0.240. The first-order valence-electron chi connectivity index (χ1n) is 10.5. The Bertz CT molecular complexity index is 1370. The van der Waals surface area contributed by atoms with Crippen LogP contribution in [0.5, 0.6) is 11.5 Å². The minimum Gasteiger partial charge on any atom is -0.457 e. The van der Waals surface area contributed by atoms with E-state index in [1.807, 2.05) is 68.4 Å². The summed E-state index contributed by atoms with van der Waals surface area (Å²) in [6, 6.07) is 16.8. The van der Waals surface area contributed by atoms with Crippen molar-refractivity contribution in [3.8, 4) is 11.5 Å². The van der Waals surface area contributed by atoms with Crippen molar-refractivity contribution >= 4 is 11.6 Å². The third-order valence-electron chi connectivity index (χ3n) is 5.92. The molecular formula is C25H23N3O4. The quantitative estimate of drug-likeness (QED) is 0.583. The van der Waals surface area contributed by atoms with E-state index in [-0.39, 0.29) is 11.2 Å². The topological polar surface area (TPSA) is 104 Å². The van der Waals surface area contributed by atoms with Gasteiger partial charge in [0.2, 0.25) is 0 Å². The molecule has 2 heterocycles. The van der Waals surface area contributed by atoms with E-state index in [1.54, 1.807) is 0 Å². The number of aromatic amines is 2. The summed E-state index contributed by atoms with van der Waals surface area (Å²) < 4.78 is 5.98.